The van der Waals surface area contributed by atoms with Gasteiger partial charge in [0, 0.05) is 16.1 Å². The Hall–Kier alpha value is -1.39. The quantitative estimate of drug-likeness (QED) is 0.868. The molecule has 1 unspecified atom stereocenters. The van der Waals surface area contributed by atoms with E-state index in [0.29, 0.717) is 12.0 Å². The molecule has 0 radical (unpaired) electrons. The van der Waals surface area contributed by atoms with Crippen molar-refractivity contribution in [2.45, 2.75) is 32.9 Å². The summed E-state index contributed by atoms with van der Waals surface area (Å²) < 4.78 is 20.5. The molecule has 0 saturated heterocycles. The summed E-state index contributed by atoms with van der Waals surface area (Å²) in [5.41, 5.74) is 8.49. The Morgan fingerprint density at radius 3 is 2.62 bits per heavy atom. The van der Waals surface area contributed by atoms with Gasteiger partial charge in [0.2, 0.25) is 0 Å². The van der Waals surface area contributed by atoms with Crippen LogP contribution in [0, 0.1) is 12.7 Å². The highest BCUT2D eigenvalue weighted by Crippen LogP contribution is 2.30. The molecule has 2 rings (SSSR count). The molecule has 0 bridgehead atoms. The van der Waals surface area contributed by atoms with Crippen molar-refractivity contribution in [2.24, 2.45) is 5.73 Å². The second kappa shape index (κ2) is 7.05. The lowest BCUT2D eigenvalue weighted by Crippen LogP contribution is -2.18. The maximum absolute atomic E-state index is 13.7. The van der Waals surface area contributed by atoms with Crippen molar-refractivity contribution in [3.8, 4) is 5.75 Å². The first-order chi connectivity index (χ1) is 9.97. The molecule has 21 heavy (non-hydrogen) atoms. The summed E-state index contributed by atoms with van der Waals surface area (Å²) in [6.07, 6.45) is 0.715. The van der Waals surface area contributed by atoms with Crippen LogP contribution >= 0.6 is 15.9 Å². The first-order valence-electron chi connectivity index (χ1n) is 6.88. The lowest BCUT2D eigenvalue weighted by Gasteiger charge is -2.16. The van der Waals surface area contributed by atoms with Crippen LogP contribution in [0.15, 0.2) is 40.9 Å². The molecule has 112 valence electrons. The number of benzene rings is 2. The fourth-order valence-electron chi connectivity index (χ4n) is 2.27. The predicted molar refractivity (Wildman–Crippen MR) is 87.0 cm³/mol. The number of ether oxygens (including phenoxy) is 1. The lowest BCUT2D eigenvalue weighted by molar-refractivity contribution is 0.294. The molecule has 4 heteroatoms. The average Bonchev–Trinajstić information content (AvgIpc) is 2.38. The minimum Gasteiger partial charge on any atom is -0.488 e. The van der Waals surface area contributed by atoms with Gasteiger partial charge in [-0.05, 0) is 49.6 Å². The minimum atomic E-state index is -0.249. The molecule has 0 amide bonds. The van der Waals surface area contributed by atoms with E-state index in [-0.39, 0.29) is 18.5 Å². The molecule has 0 aliphatic heterocycles. The number of rotatable bonds is 5. The molecular weight excluding hydrogens is 333 g/mol. The van der Waals surface area contributed by atoms with Gasteiger partial charge in [0.05, 0.1) is 0 Å². The monoisotopic (exact) mass is 351 g/mol. The molecule has 2 nitrogen and oxygen atoms in total. The van der Waals surface area contributed by atoms with Gasteiger partial charge in [-0.2, -0.15) is 0 Å². The van der Waals surface area contributed by atoms with E-state index in [0.717, 1.165) is 21.3 Å². The fraction of sp³-hybridized carbons (Fsp3) is 0.294. The van der Waals surface area contributed by atoms with Gasteiger partial charge < -0.3 is 10.5 Å². The van der Waals surface area contributed by atoms with Crippen molar-refractivity contribution >= 4 is 15.9 Å². The summed E-state index contributed by atoms with van der Waals surface area (Å²) in [5.74, 6) is 0.541. The topological polar surface area (TPSA) is 35.2 Å². The van der Waals surface area contributed by atoms with Crippen LogP contribution in [0.2, 0.25) is 0 Å². The van der Waals surface area contributed by atoms with Crippen LogP contribution < -0.4 is 10.5 Å². The van der Waals surface area contributed by atoms with Gasteiger partial charge in [0.15, 0.2) is 0 Å². The van der Waals surface area contributed by atoms with Gasteiger partial charge in [0.25, 0.3) is 0 Å². The largest absolute Gasteiger partial charge is 0.488 e. The van der Waals surface area contributed by atoms with E-state index in [2.05, 4.69) is 15.9 Å². The Bertz CT molecular complexity index is 628. The molecule has 2 aromatic carbocycles. The number of aryl methyl sites for hydroxylation is 1. The van der Waals surface area contributed by atoms with E-state index in [9.17, 15) is 4.39 Å². The molecular formula is C17H19BrFNO. The van der Waals surface area contributed by atoms with E-state index in [1.807, 2.05) is 26.0 Å². The maximum atomic E-state index is 13.7. The van der Waals surface area contributed by atoms with Crippen LogP contribution in [-0.2, 0) is 13.0 Å². The van der Waals surface area contributed by atoms with E-state index in [4.69, 9.17) is 10.5 Å². The van der Waals surface area contributed by atoms with Crippen molar-refractivity contribution < 1.29 is 9.13 Å². The van der Waals surface area contributed by atoms with Crippen LogP contribution in [-0.4, -0.2) is 6.04 Å². The maximum Gasteiger partial charge on any atom is 0.129 e. The second-order valence-electron chi connectivity index (χ2n) is 5.27. The second-order valence-corrected chi connectivity index (χ2v) is 6.19. The summed E-state index contributed by atoms with van der Waals surface area (Å²) >= 11 is 3.49. The highest BCUT2D eigenvalue weighted by atomic mass is 79.9. The molecule has 0 saturated carbocycles. The molecule has 2 N–H and O–H groups in total. The first kappa shape index (κ1) is 16.0. The zero-order valence-corrected chi connectivity index (χ0v) is 13.8. The van der Waals surface area contributed by atoms with Gasteiger partial charge in [-0.15, -0.1) is 0 Å². The van der Waals surface area contributed by atoms with Crippen LogP contribution in [0.25, 0.3) is 0 Å². The number of hydrogen-bond acceptors (Lipinski definition) is 2. The third-order valence-corrected chi connectivity index (χ3v) is 3.65. The third kappa shape index (κ3) is 4.29. The molecule has 0 aliphatic rings. The van der Waals surface area contributed by atoms with Crippen molar-refractivity contribution in [2.75, 3.05) is 0 Å². The molecule has 0 spiro atoms. The summed E-state index contributed by atoms with van der Waals surface area (Å²) in [6, 6.07) is 10.7. The minimum absolute atomic E-state index is 0.0366. The Balaban J connectivity index is 2.24. The predicted octanol–water partition coefficient (Wildman–Crippen LogP) is 4.37. The zero-order chi connectivity index (χ0) is 15.4. The molecule has 1 atom stereocenters. The summed E-state index contributed by atoms with van der Waals surface area (Å²) in [4.78, 5) is 0. The van der Waals surface area contributed by atoms with Crippen molar-refractivity contribution in [1.29, 1.82) is 0 Å². The van der Waals surface area contributed by atoms with Crippen molar-refractivity contribution in [3.05, 3.63) is 63.4 Å². The highest BCUT2D eigenvalue weighted by Gasteiger charge is 2.12. The van der Waals surface area contributed by atoms with Crippen molar-refractivity contribution in [1.82, 2.24) is 0 Å². The number of nitrogens with two attached hydrogens (primary N) is 1. The summed E-state index contributed by atoms with van der Waals surface area (Å²) in [6.45, 7) is 4.14. The lowest BCUT2D eigenvalue weighted by atomic mass is 10.0. The van der Waals surface area contributed by atoms with Gasteiger partial charge in [0.1, 0.15) is 18.2 Å². The van der Waals surface area contributed by atoms with Crippen LogP contribution in [0.5, 0.6) is 5.75 Å². The summed E-state index contributed by atoms with van der Waals surface area (Å²) in [7, 11) is 0. The molecule has 0 aromatic heterocycles. The Morgan fingerprint density at radius 1 is 1.24 bits per heavy atom. The molecule has 0 heterocycles. The van der Waals surface area contributed by atoms with Crippen LogP contribution in [0.4, 0.5) is 4.39 Å². The number of halogens is 2. The first-order valence-corrected chi connectivity index (χ1v) is 7.67. The van der Waals surface area contributed by atoms with E-state index in [1.165, 1.54) is 6.07 Å². The van der Waals surface area contributed by atoms with Crippen LogP contribution in [0.1, 0.15) is 23.6 Å². The van der Waals surface area contributed by atoms with Crippen molar-refractivity contribution in [3.63, 3.8) is 0 Å². The third-order valence-electron chi connectivity index (χ3n) is 3.19. The van der Waals surface area contributed by atoms with Crippen LogP contribution in [0.3, 0.4) is 0 Å². The fourth-order valence-corrected chi connectivity index (χ4v) is 2.89. The normalized spacial score (nSPS) is 12.2. The Morgan fingerprint density at radius 2 is 1.95 bits per heavy atom. The molecule has 0 aliphatic carbocycles. The van der Waals surface area contributed by atoms with Gasteiger partial charge in [-0.1, -0.05) is 34.1 Å². The van der Waals surface area contributed by atoms with Gasteiger partial charge in [-0.3, -0.25) is 0 Å². The Labute approximate surface area is 133 Å². The molecule has 2 aromatic rings. The zero-order valence-electron chi connectivity index (χ0n) is 12.2. The standard InChI is InChI=1S/C17H19BrFNO/c1-11-7-15(18)9-14(8-12(2)20)17(11)21-10-13-5-3-4-6-16(13)19/h3-7,9,12H,8,10,20H2,1-2H3. The average molecular weight is 352 g/mol. The smallest absolute Gasteiger partial charge is 0.129 e. The highest BCUT2D eigenvalue weighted by molar-refractivity contribution is 9.10. The van der Waals surface area contributed by atoms with E-state index in [1.54, 1.807) is 18.2 Å². The van der Waals surface area contributed by atoms with E-state index >= 15 is 0 Å². The molecule has 0 fully saturated rings. The van der Waals surface area contributed by atoms with Gasteiger partial charge in [-0.25, -0.2) is 4.39 Å². The Kier molecular flexibility index (Phi) is 5.37. The summed E-state index contributed by atoms with van der Waals surface area (Å²) in [5, 5.41) is 0. The van der Waals surface area contributed by atoms with E-state index < -0.39 is 0 Å². The SMILES string of the molecule is Cc1cc(Br)cc(CC(C)N)c1OCc1ccccc1F. The number of hydrogen-bond donors (Lipinski definition) is 1. The van der Waals surface area contributed by atoms with Gasteiger partial charge >= 0.3 is 0 Å².